The molecule has 1 N–H and O–H groups in total. The summed E-state index contributed by atoms with van der Waals surface area (Å²) >= 11 is 0. The van der Waals surface area contributed by atoms with E-state index in [0.29, 0.717) is 48.4 Å². The topological polar surface area (TPSA) is 82.2 Å². The highest BCUT2D eigenvalue weighted by atomic mass is 19.3. The lowest BCUT2D eigenvalue weighted by atomic mass is 9.96. The summed E-state index contributed by atoms with van der Waals surface area (Å²) in [6, 6.07) is 20.0. The molecule has 5 rings (SSSR count). The number of anilines is 2. The molecule has 236 valence electrons. The van der Waals surface area contributed by atoms with Crippen LogP contribution in [0.5, 0.6) is 5.75 Å². The minimum atomic E-state index is -3.32. The number of nitrogens with zero attached hydrogens (tertiary/aromatic N) is 3. The molecule has 2 aliphatic heterocycles. The van der Waals surface area contributed by atoms with Crippen molar-refractivity contribution in [3.05, 3.63) is 95.6 Å². The van der Waals surface area contributed by atoms with Gasteiger partial charge in [-0.1, -0.05) is 30.3 Å². The summed E-state index contributed by atoms with van der Waals surface area (Å²) in [4.78, 5) is 44.9. The van der Waals surface area contributed by atoms with Gasteiger partial charge >= 0.3 is 0 Å². The van der Waals surface area contributed by atoms with E-state index >= 15 is 8.78 Å². The van der Waals surface area contributed by atoms with E-state index in [1.54, 1.807) is 71.6 Å². The van der Waals surface area contributed by atoms with Crippen molar-refractivity contribution in [1.82, 2.24) is 9.80 Å². The summed E-state index contributed by atoms with van der Waals surface area (Å²) in [7, 11) is 3.99. The largest absolute Gasteiger partial charge is 0.493 e. The van der Waals surface area contributed by atoms with Crippen molar-refractivity contribution in [1.29, 1.82) is 0 Å². The van der Waals surface area contributed by atoms with Crippen molar-refractivity contribution in [2.24, 2.45) is 0 Å². The average Bonchev–Trinajstić information content (AvgIpc) is 3.15. The lowest BCUT2D eigenvalue weighted by molar-refractivity contribution is -0.127. The Kier molecular flexibility index (Phi) is 9.63. The molecule has 0 unspecified atom stereocenters. The SMILES string of the molecule is CCOc1ccccc1C(=O)Nc1ccc(C(=O)N2CCC(F)(F)C(=CC(=O)N3CCC(N(C)C)CC3)c3ccccc32)cc1. The van der Waals surface area contributed by atoms with Crippen LogP contribution in [0.25, 0.3) is 5.57 Å². The molecule has 45 heavy (non-hydrogen) atoms. The highest BCUT2D eigenvalue weighted by molar-refractivity contribution is 6.10. The number of fused-ring (bicyclic) bond motifs is 1. The number of likely N-dealkylation sites (tertiary alicyclic amines) is 1. The standard InChI is InChI=1S/C35H38F2N4O4/c1-4-45-31-12-8-6-10-28(31)33(43)38-25-15-13-24(14-16-25)34(44)41-22-19-35(36,37)29(27-9-5-7-11-30(27)41)23-32(42)40-20-17-26(18-21-40)39(2)3/h5-16,23,26H,4,17-22H2,1-3H3,(H,38,43). The number of carbonyl (C=O) groups excluding carboxylic acids is 3. The molecule has 3 aromatic rings. The van der Waals surface area contributed by atoms with E-state index in [0.717, 1.165) is 18.9 Å². The first kappa shape index (κ1) is 31.8. The van der Waals surface area contributed by atoms with Gasteiger partial charge in [0.15, 0.2) is 0 Å². The van der Waals surface area contributed by atoms with E-state index < -0.39 is 24.2 Å². The van der Waals surface area contributed by atoms with Gasteiger partial charge in [-0.05, 0) is 76.3 Å². The molecule has 8 nitrogen and oxygen atoms in total. The second-order valence-electron chi connectivity index (χ2n) is 11.5. The number of allylic oxidation sites excluding steroid dienone is 1. The van der Waals surface area contributed by atoms with Crippen molar-refractivity contribution in [3.63, 3.8) is 0 Å². The second kappa shape index (κ2) is 13.6. The minimum Gasteiger partial charge on any atom is -0.493 e. The Bertz CT molecular complexity index is 1580. The van der Waals surface area contributed by atoms with Crippen molar-refractivity contribution in [2.45, 2.75) is 38.2 Å². The third kappa shape index (κ3) is 7.06. The van der Waals surface area contributed by atoms with E-state index in [1.165, 1.54) is 11.0 Å². The Balaban J connectivity index is 1.36. The third-order valence-corrected chi connectivity index (χ3v) is 8.37. The van der Waals surface area contributed by atoms with Gasteiger partial charge in [-0.3, -0.25) is 14.4 Å². The van der Waals surface area contributed by atoms with Crippen LogP contribution in [0.15, 0.2) is 78.9 Å². The van der Waals surface area contributed by atoms with Gasteiger partial charge in [0.05, 0.1) is 17.9 Å². The zero-order valence-electron chi connectivity index (χ0n) is 25.8. The molecule has 10 heteroatoms. The van der Waals surface area contributed by atoms with E-state index in [9.17, 15) is 14.4 Å². The van der Waals surface area contributed by atoms with Crippen LogP contribution in [0.2, 0.25) is 0 Å². The predicted molar refractivity (Wildman–Crippen MR) is 171 cm³/mol. The number of nitrogens with one attached hydrogen (secondary N) is 1. The van der Waals surface area contributed by atoms with Crippen LogP contribution in [-0.4, -0.2) is 79.8 Å². The Morgan fingerprint density at radius 1 is 0.956 bits per heavy atom. The number of ether oxygens (including phenoxy) is 1. The Labute approximate surface area is 262 Å². The molecule has 3 amide bonds. The molecule has 3 aromatic carbocycles. The van der Waals surface area contributed by atoms with Crippen LogP contribution in [0.3, 0.4) is 0 Å². The molecular weight excluding hydrogens is 578 g/mol. The first-order chi connectivity index (χ1) is 21.6. The van der Waals surface area contributed by atoms with E-state index in [2.05, 4.69) is 10.2 Å². The number of para-hydroxylation sites is 2. The van der Waals surface area contributed by atoms with E-state index in [4.69, 9.17) is 4.74 Å². The van der Waals surface area contributed by atoms with Crippen molar-refractivity contribution < 1.29 is 27.9 Å². The van der Waals surface area contributed by atoms with Crippen LogP contribution in [0.1, 0.15) is 52.5 Å². The van der Waals surface area contributed by atoms with Crippen molar-refractivity contribution in [2.75, 3.05) is 50.6 Å². The van der Waals surface area contributed by atoms with Crippen molar-refractivity contribution in [3.8, 4) is 5.75 Å². The number of hydrogen-bond acceptors (Lipinski definition) is 5. The zero-order chi connectivity index (χ0) is 32.1. The van der Waals surface area contributed by atoms with Gasteiger partial charge in [0.1, 0.15) is 5.75 Å². The van der Waals surface area contributed by atoms with Gasteiger partial charge in [-0.25, -0.2) is 8.78 Å². The number of piperidine rings is 1. The van der Waals surface area contributed by atoms with E-state index in [1.807, 2.05) is 21.0 Å². The Morgan fingerprint density at radius 2 is 1.62 bits per heavy atom. The lowest BCUT2D eigenvalue weighted by Crippen LogP contribution is -2.44. The molecule has 0 spiro atoms. The van der Waals surface area contributed by atoms with Crippen LogP contribution < -0.4 is 15.0 Å². The molecular formula is C35H38F2N4O4. The van der Waals surface area contributed by atoms with Crippen LogP contribution in [0, 0.1) is 0 Å². The molecule has 0 bridgehead atoms. The highest BCUT2D eigenvalue weighted by Gasteiger charge is 2.42. The van der Waals surface area contributed by atoms with Gasteiger partial charge in [0, 0.05) is 60.6 Å². The van der Waals surface area contributed by atoms with Gasteiger partial charge in [0.2, 0.25) is 5.91 Å². The second-order valence-corrected chi connectivity index (χ2v) is 11.5. The summed E-state index contributed by atoms with van der Waals surface area (Å²) in [6.07, 6.45) is 1.98. The van der Waals surface area contributed by atoms with Crippen LogP contribution >= 0.6 is 0 Å². The minimum absolute atomic E-state index is 0.154. The van der Waals surface area contributed by atoms with Crippen molar-refractivity contribution >= 4 is 34.7 Å². The first-order valence-corrected chi connectivity index (χ1v) is 15.2. The summed E-state index contributed by atoms with van der Waals surface area (Å²) in [5, 5.41) is 2.81. The molecule has 0 atom stereocenters. The maximum absolute atomic E-state index is 15.7. The van der Waals surface area contributed by atoms with Crippen LogP contribution in [0.4, 0.5) is 20.2 Å². The third-order valence-electron chi connectivity index (χ3n) is 8.37. The molecule has 1 saturated heterocycles. The van der Waals surface area contributed by atoms with Gasteiger partial charge in [-0.15, -0.1) is 0 Å². The fourth-order valence-corrected chi connectivity index (χ4v) is 5.84. The maximum atomic E-state index is 15.7. The molecule has 1 fully saturated rings. The summed E-state index contributed by atoms with van der Waals surface area (Å²) in [6.45, 7) is 3.00. The number of alkyl halides is 2. The van der Waals surface area contributed by atoms with Gasteiger partial charge in [0.25, 0.3) is 17.7 Å². The molecule has 0 aromatic heterocycles. The number of benzene rings is 3. The predicted octanol–water partition coefficient (Wildman–Crippen LogP) is 5.96. The van der Waals surface area contributed by atoms with Crippen LogP contribution in [-0.2, 0) is 4.79 Å². The molecule has 0 saturated carbocycles. The Morgan fingerprint density at radius 3 is 2.31 bits per heavy atom. The number of hydrogen-bond donors (Lipinski definition) is 1. The van der Waals surface area contributed by atoms with E-state index in [-0.39, 0.29) is 29.2 Å². The highest BCUT2D eigenvalue weighted by Crippen LogP contribution is 2.43. The average molecular weight is 617 g/mol. The molecule has 2 aliphatic rings. The lowest BCUT2D eigenvalue weighted by Gasteiger charge is -2.35. The summed E-state index contributed by atoms with van der Waals surface area (Å²) in [5.41, 5.74) is 1.20. The quantitative estimate of drug-likeness (QED) is 0.332. The Hall–Kier alpha value is -4.57. The monoisotopic (exact) mass is 616 g/mol. The summed E-state index contributed by atoms with van der Waals surface area (Å²) < 4.78 is 36.9. The molecule has 0 radical (unpaired) electrons. The molecule has 0 aliphatic carbocycles. The fourth-order valence-electron chi connectivity index (χ4n) is 5.84. The molecule has 2 heterocycles. The normalized spacial score (nSPS) is 17.5. The van der Waals surface area contributed by atoms with Gasteiger partial charge < -0.3 is 24.8 Å². The summed E-state index contributed by atoms with van der Waals surface area (Å²) in [5.74, 6) is -4.13. The fraction of sp³-hybridized carbons (Fsp3) is 0.343. The number of carbonyl (C=O) groups is 3. The maximum Gasteiger partial charge on any atom is 0.275 e. The van der Waals surface area contributed by atoms with Gasteiger partial charge in [-0.2, -0.15) is 0 Å². The number of rotatable bonds is 7. The zero-order valence-corrected chi connectivity index (χ0v) is 25.8. The first-order valence-electron chi connectivity index (χ1n) is 15.2. The number of halogens is 2. The smallest absolute Gasteiger partial charge is 0.275 e. The number of amides is 3.